The van der Waals surface area contributed by atoms with Gasteiger partial charge in [0, 0.05) is 36.5 Å². The van der Waals surface area contributed by atoms with Gasteiger partial charge in [0.05, 0.1) is 17.7 Å². The second kappa shape index (κ2) is 8.33. The number of hydrogen-bond donors (Lipinski definition) is 2. The molecule has 0 saturated carbocycles. The van der Waals surface area contributed by atoms with E-state index in [1.54, 1.807) is 11.3 Å². The predicted molar refractivity (Wildman–Crippen MR) is 100 cm³/mol. The third kappa shape index (κ3) is 4.33. The lowest BCUT2D eigenvalue weighted by atomic mass is 10.0. The summed E-state index contributed by atoms with van der Waals surface area (Å²) in [5, 5.41) is 6.34. The number of guanidine groups is 1. The molecule has 1 aliphatic heterocycles. The van der Waals surface area contributed by atoms with Crippen molar-refractivity contribution in [2.45, 2.75) is 18.9 Å². The first kappa shape index (κ1) is 17.0. The Morgan fingerprint density at radius 1 is 1.45 bits per heavy atom. The van der Waals surface area contributed by atoms with E-state index in [2.05, 4.69) is 21.4 Å². The molecule has 0 amide bonds. The monoisotopic (exact) mass is 430 g/mol. The minimum atomic E-state index is 0. The van der Waals surface area contributed by atoms with Gasteiger partial charge in [0.1, 0.15) is 5.75 Å². The van der Waals surface area contributed by atoms with Crippen molar-refractivity contribution in [3.05, 3.63) is 46.4 Å². The van der Waals surface area contributed by atoms with Crippen LogP contribution in [-0.2, 0) is 6.42 Å². The number of nitrogens with zero attached hydrogens (tertiary/aromatic N) is 2. The summed E-state index contributed by atoms with van der Waals surface area (Å²) in [5.41, 5.74) is 7.12. The van der Waals surface area contributed by atoms with Gasteiger partial charge in [-0.05, 0) is 6.07 Å². The van der Waals surface area contributed by atoms with Crippen molar-refractivity contribution in [1.82, 2.24) is 10.3 Å². The number of benzene rings is 1. The van der Waals surface area contributed by atoms with Crippen molar-refractivity contribution in [1.29, 1.82) is 0 Å². The fraction of sp³-hybridized carbons (Fsp3) is 0.333. The van der Waals surface area contributed by atoms with Crippen molar-refractivity contribution in [3.63, 3.8) is 0 Å². The summed E-state index contributed by atoms with van der Waals surface area (Å²) < 4.78 is 5.64. The minimum absolute atomic E-state index is 0. The summed E-state index contributed by atoms with van der Waals surface area (Å²) in [5.74, 6) is 1.41. The van der Waals surface area contributed by atoms with Crippen molar-refractivity contribution in [2.24, 2.45) is 10.7 Å². The molecule has 0 radical (unpaired) electrons. The van der Waals surface area contributed by atoms with Gasteiger partial charge >= 0.3 is 0 Å². The third-order valence-electron chi connectivity index (χ3n) is 3.37. The maximum atomic E-state index is 5.98. The standard InChI is InChI=1S/C15H18N4OS.HI/c16-15(18-7-5-14-17-8-10-21-14)19-12-6-9-20-13-4-2-1-3-11(12)13;/h1-4,8,10,12H,5-7,9H2,(H3,16,18,19);1H. The van der Waals surface area contributed by atoms with Crippen LogP contribution in [0.1, 0.15) is 23.0 Å². The Balaban J connectivity index is 0.00000176. The lowest BCUT2D eigenvalue weighted by Crippen LogP contribution is -2.37. The molecule has 1 aliphatic rings. The smallest absolute Gasteiger partial charge is 0.189 e. The first-order chi connectivity index (χ1) is 10.3. The molecule has 5 nitrogen and oxygen atoms in total. The number of ether oxygens (including phenoxy) is 1. The second-order valence-corrected chi connectivity index (χ2v) is 5.79. The minimum Gasteiger partial charge on any atom is -0.493 e. The molecule has 1 aromatic carbocycles. The van der Waals surface area contributed by atoms with Crippen molar-refractivity contribution in [3.8, 4) is 5.75 Å². The molecule has 1 unspecified atom stereocenters. The molecule has 2 aromatic rings. The number of fused-ring (bicyclic) bond motifs is 1. The number of thiazole rings is 1. The number of halogens is 1. The molecule has 0 saturated heterocycles. The molecule has 1 atom stereocenters. The molecular weight excluding hydrogens is 411 g/mol. The average molecular weight is 430 g/mol. The molecular formula is C15H19IN4OS. The number of nitrogens with two attached hydrogens (primary N) is 1. The summed E-state index contributed by atoms with van der Waals surface area (Å²) in [6.45, 7) is 1.35. The van der Waals surface area contributed by atoms with Gasteiger partial charge < -0.3 is 15.8 Å². The number of rotatable bonds is 4. The Bertz CT molecular complexity index is 618. The SMILES string of the molecule is I.NC(=NCCc1nccs1)NC1CCOc2ccccc21. The second-order valence-electron chi connectivity index (χ2n) is 4.81. The van der Waals surface area contributed by atoms with E-state index in [0.717, 1.165) is 29.2 Å². The van der Waals surface area contributed by atoms with Gasteiger partial charge in [-0.15, -0.1) is 35.3 Å². The molecule has 1 aromatic heterocycles. The highest BCUT2D eigenvalue weighted by atomic mass is 127. The van der Waals surface area contributed by atoms with E-state index in [9.17, 15) is 0 Å². The molecule has 22 heavy (non-hydrogen) atoms. The summed E-state index contributed by atoms with van der Waals surface area (Å²) in [7, 11) is 0. The van der Waals surface area contributed by atoms with E-state index in [1.165, 1.54) is 0 Å². The predicted octanol–water partition coefficient (Wildman–Crippen LogP) is 2.73. The number of hydrogen-bond acceptors (Lipinski definition) is 4. The zero-order chi connectivity index (χ0) is 14.5. The topological polar surface area (TPSA) is 72.5 Å². The first-order valence-corrected chi connectivity index (χ1v) is 7.87. The van der Waals surface area contributed by atoms with Crippen LogP contribution in [0.3, 0.4) is 0 Å². The molecule has 7 heteroatoms. The van der Waals surface area contributed by atoms with Gasteiger partial charge in [0.25, 0.3) is 0 Å². The van der Waals surface area contributed by atoms with Gasteiger partial charge in [0.2, 0.25) is 0 Å². The highest BCUT2D eigenvalue weighted by Crippen LogP contribution is 2.31. The summed E-state index contributed by atoms with van der Waals surface area (Å²) in [6.07, 6.45) is 3.52. The molecule has 2 heterocycles. The van der Waals surface area contributed by atoms with Crippen LogP contribution in [0.25, 0.3) is 0 Å². The zero-order valence-electron chi connectivity index (χ0n) is 12.1. The van der Waals surface area contributed by atoms with Gasteiger partial charge in [-0.3, -0.25) is 4.99 Å². The Labute approximate surface area is 151 Å². The van der Waals surface area contributed by atoms with Crippen LogP contribution in [0.4, 0.5) is 0 Å². The van der Waals surface area contributed by atoms with Crippen LogP contribution < -0.4 is 15.8 Å². The lowest BCUT2D eigenvalue weighted by Gasteiger charge is -2.26. The molecule has 0 spiro atoms. The van der Waals surface area contributed by atoms with Crippen molar-refractivity contribution in [2.75, 3.05) is 13.2 Å². The van der Waals surface area contributed by atoms with E-state index >= 15 is 0 Å². The summed E-state index contributed by atoms with van der Waals surface area (Å²) >= 11 is 1.64. The number of aliphatic imine (C=N–C) groups is 1. The highest BCUT2D eigenvalue weighted by molar-refractivity contribution is 14.0. The Morgan fingerprint density at radius 2 is 2.32 bits per heavy atom. The molecule has 3 rings (SSSR count). The molecule has 118 valence electrons. The van der Waals surface area contributed by atoms with Gasteiger partial charge in [-0.2, -0.15) is 0 Å². The Kier molecular flexibility index (Phi) is 6.44. The van der Waals surface area contributed by atoms with E-state index in [1.807, 2.05) is 29.8 Å². The first-order valence-electron chi connectivity index (χ1n) is 6.99. The summed E-state index contributed by atoms with van der Waals surface area (Å²) in [4.78, 5) is 8.61. The van der Waals surface area contributed by atoms with Crippen LogP contribution in [0.5, 0.6) is 5.75 Å². The maximum absolute atomic E-state index is 5.98. The van der Waals surface area contributed by atoms with E-state index in [-0.39, 0.29) is 30.0 Å². The fourth-order valence-electron chi connectivity index (χ4n) is 2.36. The quantitative estimate of drug-likeness (QED) is 0.445. The van der Waals surface area contributed by atoms with Gasteiger partial charge in [0.15, 0.2) is 5.96 Å². The van der Waals surface area contributed by atoms with Crippen LogP contribution in [0.2, 0.25) is 0 Å². The van der Waals surface area contributed by atoms with Crippen LogP contribution in [-0.4, -0.2) is 24.1 Å². The van der Waals surface area contributed by atoms with Crippen LogP contribution in [0, 0.1) is 0 Å². The Morgan fingerprint density at radius 3 is 3.14 bits per heavy atom. The zero-order valence-corrected chi connectivity index (χ0v) is 15.2. The van der Waals surface area contributed by atoms with E-state index < -0.39 is 0 Å². The number of nitrogens with one attached hydrogen (secondary N) is 1. The third-order valence-corrected chi connectivity index (χ3v) is 4.21. The van der Waals surface area contributed by atoms with Gasteiger partial charge in [-0.25, -0.2) is 4.98 Å². The molecule has 0 aliphatic carbocycles. The fourth-order valence-corrected chi connectivity index (χ4v) is 2.97. The number of para-hydroxylation sites is 1. The average Bonchev–Trinajstić information content (AvgIpc) is 3.01. The molecule has 0 bridgehead atoms. The summed E-state index contributed by atoms with van der Waals surface area (Å²) in [6, 6.07) is 8.21. The lowest BCUT2D eigenvalue weighted by molar-refractivity contribution is 0.262. The molecule has 0 fully saturated rings. The number of aromatic nitrogens is 1. The highest BCUT2D eigenvalue weighted by Gasteiger charge is 2.21. The molecule has 3 N–H and O–H groups in total. The van der Waals surface area contributed by atoms with Gasteiger partial charge in [-0.1, -0.05) is 18.2 Å². The van der Waals surface area contributed by atoms with Crippen molar-refractivity contribution < 1.29 is 4.74 Å². The van der Waals surface area contributed by atoms with Crippen molar-refractivity contribution >= 4 is 41.3 Å². The van der Waals surface area contributed by atoms with E-state index in [0.29, 0.717) is 19.1 Å². The Hall–Kier alpha value is -1.35. The largest absolute Gasteiger partial charge is 0.493 e. The maximum Gasteiger partial charge on any atom is 0.189 e. The van der Waals surface area contributed by atoms with Crippen LogP contribution in [0.15, 0.2) is 40.8 Å². The van der Waals surface area contributed by atoms with E-state index in [4.69, 9.17) is 10.5 Å². The van der Waals surface area contributed by atoms with Crippen LogP contribution >= 0.6 is 35.3 Å². The normalized spacial score (nSPS) is 17.1.